The van der Waals surface area contributed by atoms with Crippen LogP contribution >= 0.6 is 24.0 Å². The van der Waals surface area contributed by atoms with Gasteiger partial charge in [-0.1, -0.05) is 24.3 Å². The molecule has 0 spiro atoms. The molecular formula is C20H35IN4O2. The highest BCUT2D eigenvalue weighted by Gasteiger charge is 2.15. The Morgan fingerprint density at radius 3 is 2.81 bits per heavy atom. The van der Waals surface area contributed by atoms with Crippen LogP contribution in [0.15, 0.2) is 29.3 Å². The zero-order valence-electron chi connectivity index (χ0n) is 16.9. The molecule has 1 atom stereocenters. The third-order valence-electron chi connectivity index (χ3n) is 4.31. The van der Waals surface area contributed by atoms with Crippen LogP contribution < -0.4 is 10.6 Å². The van der Waals surface area contributed by atoms with Crippen molar-refractivity contribution in [1.29, 1.82) is 0 Å². The fourth-order valence-electron chi connectivity index (χ4n) is 2.96. The van der Waals surface area contributed by atoms with E-state index in [0.29, 0.717) is 5.92 Å². The van der Waals surface area contributed by atoms with E-state index in [0.717, 1.165) is 64.9 Å². The van der Waals surface area contributed by atoms with Crippen LogP contribution in [-0.2, 0) is 22.6 Å². The van der Waals surface area contributed by atoms with Crippen molar-refractivity contribution >= 4 is 29.9 Å². The number of benzene rings is 1. The van der Waals surface area contributed by atoms with Gasteiger partial charge in [0.2, 0.25) is 0 Å². The van der Waals surface area contributed by atoms with Crippen LogP contribution in [0, 0.1) is 5.92 Å². The minimum Gasteiger partial charge on any atom is -0.381 e. The van der Waals surface area contributed by atoms with E-state index in [2.05, 4.69) is 58.9 Å². The SMILES string of the molecule is CN=C(NCCCOCC1CCOC1)NCc1cccc(CN(C)C)c1.I. The number of nitrogens with zero attached hydrogens (tertiary/aromatic N) is 2. The van der Waals surface area contributed by atoms with Crippen molar-refractivity contribution in [2.45, 2.75) is 25.9 Å². The second kappa shape index (κ2) is 14.1. The lowest BCUT2D eigenvalue weighted by molar-refractivity contribution is 0.0888. The molecule has 0 aliphatic carbocycles. The molecule has 1 saturated heterocycles. The van der Waals surface area contributed by atoms with Gasteiger partial charge in [0.25, 0.3) is 0 Å². The largest absolute Gasteiger partial charge is 0.381 e. The lowest BCUT2D eigenvalue weighted by Crippen LogP contribution is -2.37. The molecule has 1 aromatic rings. The number of aliphatic imine (C=N–C) groups is 1. The molecule has 1 aliphatic heterocycles. The van der Waals surface area contributed by atoms with E-state index in [-0.39, 0.29) is 24.0 Å². The molecule has 1 aromatic carbocycles. The lowest BCUT2D eigenvalue weighted by atomic mass is 10.1. The van der Waals surface area contributed by atoms with Gasteiger partial charge < -0.3 is 25.0 Å². The molecule has 7 heteroatoms. The third-order valence-corrected chi connectivity index (χ3v) is 4.31. The zero-order valence-corrected chi connectivity index (χ0v) is 19.2. The summed E-state index contributed by atoms with van der Waals surface area (Å²) in [5.74, 6) is 1.41. The fourth-order valence-corrected chi connectivity index (χ4v) is 2.96. The maximum absolute atomic E-state index is 5.72. The van der Waals surface area contributed by atoms with Gasteiger partial charge in [0.1, 0.15) is 0 Å². The van der Waals surface area contributed by atoms with Crippen LogP contribution in [0.2, 0.25) is 0 Å². The van der Waals surface area contributed by atoms with Gasteiger partial charge in [-0.15, -0.1) is 24.0 Å². The van der Waals surface area contributed by atoms with Gasteiger partial charge in [0.15, 0.2) is 5.96 Å². The van der Waals surface area contributed by atoms with Crippen LogP contribution in [0.4, 0.5) is 0 Å². The van der Waals surface area contributed by atoms with Crippen molar-refractivity contribution in [3.05, 3.63) is 35.4 Å². The van der Waals surface area contributed by atoms with Crippen LogP contribution in [-0.4, -0.2) is 65.0 Å². The van der Waals surface area contributed by atoms with Crippen LogP contribution in [0.5, 0.6) is 0 Å². The molecule has 0 radical (unpaired) electrons. The number of nitrogens with one attached hydrogen (secondary N) is 2. The molecular weight excluding hydrogens is 455 g/mol. The van der Waals surface area contributed by atoms with E-state index in [1.165, 1.54) is 11.1 Å². The van der Waals surface area contributed by atoms with E-state index in [1.54, 1.807) is 7.05 Å². The first kappa shape index (κ1) is 24.1. The summed E-state index contributed by atoms with van der Waals surface area (Å²) in [7, 11) is 5.97. The summed E-state index contributed by atoms with van der Waals surface area (Å²) in [6, 6.07) is 8.65. The number of hydrogen-bond acceptors (Lipinski definition) is 4. The average Bonchev–Trinajstić information content (AvgIpc) is 3.13. The van der Waals surface area contributed by atoms with E-state index < -0.39 is 0 Å². The summed E-state index contributed by atoms with van der Waals surface area (Å²) in [4.78, 5) is 6.46. The van der Waals surface area contributed by atoms with Gasteiger partial charge in [0, 0.05) is 45.8 Å². The highest BCUT2D eigenvalue weighted by atomic mass is 127. The van der Waals surface area contributed by atoms with Crippen LogP contribution in [0.3, 0.4) is 0 Å². The molecule has 0 bridgehead atoms. The van der Waals surface area contributed by atoms with Gasteiger partial charge in [-0.3, -0.25) is 4.99 Å². The molecule has 1 aliphatic rings. The monoisotopic (exact) mass is 490 g/mol. The summed E-state index contributed by atoms with van der Waals surface area (Å²) < 4.78 is 11.1. The summed E-state index contributed by atoms with van der Waals surface area (Å²) in [6.45, 7) is 5.89. The second-order valence-electron chi connectivity index (χ2n) is 7.07. The summed E-state index contributed by atoms with van der Waals surface area (Å²) in [5.41, 5.74) is 2.58. The molecule has 0 aromatic heterocycles. The first-order valence-electron chi connectivity index (χ1n) is 9.50. The minimum absolute atomic E-state index is 0. The molecule has 2 rings (SSSR count). The predicted octanol–water partition coefficient (Wildman–Crippen LogP) is 2.47. The van der Waals surface area contributed by atoms with E-state index in [4.69, 9.17) is 9.47 Å². The normalized spacial score (nSPS) is 17.0. The summed E-state index contributed by atoms with van der Waals surface area (Å²) in [5, 5.41) is 6.71. The zero-order chi connectivity index (χ0) is 18.6. The Morgan fingerprint density at radius 1 is 1.30 bits per heavy atom. The Morgan fingerprint density at radius 2 is 2.11 bits per heavy atom. The minimum atomic E-state index is 0. The van der Waals surface area contributed by atoms with Gasteiger partial charge in [-0.2, -0.15) is 0 Å². The van der Waals surface area contributed by atoms with Crippen LogP contribution in [0.25, 0.3) is 0 Å². The average molecular weight is 490 g/mol. The molecule has 27 heavy (non-hydrogen) atoms. The van der Waals surface area contributed by atoms with Gasteiger partial charge in [-0.25, -0.2) is 0 Å². The van der Waals surface area contributed by atoms with E-state index >= 15 is 0 Å². The smallest absolute Gasteiger partial charge is 0.191 e. The van der Waals surface area contributed by atoms with Crippen LogP contribution in [0.1, 0.15) is 24.0 Å². The number of guanidine groups is 1. The Bertz CT molecular complexity index is 549. The maximum atomic E-state index is 5.72. The van der Waals surface area contributed by atoms with Crippen molar-refractivity contribution < 1.29 is 9.47 Å². The number of rotatable bonds is 10. The topological polar surface area (TPSA) is 58.1 Å². The van der Waals surface area contributed by atoms with Crippen molar-refractivity contribution in [2.24, 2.45) is 10.9 Å². The molecule has 0 amide bonds. The number of ether oxygens (including phenoxy) is 2. The lowest BCUT2D eigenvalue weighted by Gasteiger charge is -2.14. The maximum Gasteiger partial charge on any atom is 0.191 e. The summed E-state index contributed by atoms with van der Waals surface area (Å²) >= 11 is 0. The van der Waals surface area contributed by atoms with Crippen molar-refractivity contribution in [1.82, 2.24) is 15.5 Å². The van der Waals surface area contributed by atoms with E-state index in [1.807, 2.05) is 0 Å². The Labute approximate surface area is 181 Å². The first-order chi connectivity index (χ1) is 12.7. The molecule has 2 N–H and O–H groups in total. The third kappa shape index (κ3) is 10.3. The second-order valence-corrected chi connectivity index (χ2v) is 7.07. The van der Waals surface area contributed by atoms with E-state index in [9.17, 15) is 0 Å². The van der Waals surface area contributed by atoms with Gasteiger partial charge >= 0.3 is 0 Å². The van der Waals surface area contributed by atoms with Crippen molar-refractivity contribution in [3.63, 3.8) is 0 Å². The molecule has 154 valence electrons. The molecule has 0 saturated carbocycles. The van der Waals surface area contributed by atoms with Gasteiger partial charge in [0.05, 0.1) is 13.2 Å². The first-order valence-corrected chi connectivity index (χ1v) is 9.50. The molecule has 1 fully saturated rings. The fraction of sp³-hybridized carbons (Fsp3) is 0.650. The predicted molar refractivity (Wildman–Crippen MR) is 122 cm³/mol. The van der Waals surface area contributed by atoms with Crippen molar-refractivity contribution in [3.8, 4) is 0 Å². The Kier molecular flexibility index (Phi) is 12.6. The Balaban J connectivity index is 0.00000364. The molecule has 1 unspecified atom stereocenters. The Hall–Kier alpha value is -0.900. The van der Waals surface area contributed by atoms with Gasteiger partial charge in [-0.05, 0) is 38.1 Å². The van der Waals surface area contributed by atoms with Crippen molar-refractivity contribution in [2.75, 3.05) is 54.1 Å². The molecule has 6 nitrogen and oxygen atoms in total. The quantitative estimate of drug-likeness (QED) is 0.229. The number of halogens is 1. The standard InChI is InChI=1S/C20H34N4O2.HI/c1-21-20(22-9-5-10-25-15-19-8-11-26-16-19)23-13-17-6-4-7-18(12-17)14-24(2)3;/h4,6-7,12,19H,5,8-11,13-16H2,1-3H3,(H2,21,22,23);1H. The summed E-state index contributed by atoms with van der Waals surface area (Å²) in [6.07, 6.45) is 2.09. The highest BCUT2D eigenvalue weighted by molar-refractivity contribution is 14.0. The highest BCUT2D eigenvalue weighted by Crippen LogP contribution is 2.12. The molecule has 1 heterocycles. The number of hydrogen-bond donors (Lipinski definition) is 2.